The van der Waals surface area contributed by atoms with Gasteiger partial charge in [0.2, 0.25) is 0 Å². The van der Waals surface area contributed by atoms with E-state index in [-0.39, 0.29) is 72.6 Å². The number of rotatable bonds is 10. The lowest BCUT2D eigenvalue weighted by Gasteiger charge is -2.37. The van der Waals surface area contributed by atoms with Crippen molar-refractivity contribution in [1.82, 2.24) is 37.2 Å². The minimum atomic E-state index is -3.34. The number of hydrogen-bond donors (Lipinski definition) is 7. The van der Waals surface area contributed by atoms with E-state index in [9.17, 15) is 27.6 Å². The van der Waals surface area contributed by atoms with Crippen LogP contribution >= 0.6 is 0 Å². The molecule has 7 amide bonds. The lowest BCUT2D eigenvalue weighted by atomic mass is 9.83. The van der Waals surface area contributed by atoms with Gasteiger partial charge in [-0.05, 0) is 159 Å². The van der Waals surface area contributed by atoms with Gasteiger partial charge in [-0.2, -0.15) is 0 Å². The summed E-state index contributed by atoms with van der Waals surface area (Å²) in [5.41, 5.74) is 0. The van der Waals surface area contributed by atoms with Crippen molar-refractivity contribution in [2.75, 3.05) is 0 Å². The minimum Gasteiger partial charge on any atom is -0.446 e. The Morgan fingerprint density at radius 3 is 1.28 bits per heavy atom. The molecular formula is C43H75N7O7S. The van der Waals surface area contributed by atoms with E-state index in [0.29, 0.717) is 76.0 Å². The van der Waals surface area contributed by atoms with Crippen molar-refractivity contribution in [3.8, 4) is 0 Å². The third-order valence-corrected chi connectivity index (χ3v) is 17.6. The smallest absolute Gasteiger partial charge is 0.407 e. The average molecular weight is 834 g/mol. The van der Waals surface area contributed by atoms with E-state index in [0.717, 1.165) is 83.0 Å². The summed E-state index contributed by atoms with van der Waals surface area (Å²) in [5.74, 6) is 1.32. The summed E-state index contributed by atoms with van der Waals surface area (Å²) in [4.78, 5) is 51.5. The van der Waals surface area contributed by atoms with Crippen LogP contribution < -0.4 is 37.2 Å². The second-order valence-corrected chi connectivity index (χ2v) is 21.9. The van der Waals surface area contributed by atoms with Gasteiger partial charge in [0.05, 0.1) is 10.5 Å². The van der Waals surface area contributed by atoms with Gasteiger partial charge in [-0.25, -0.2) is 27.6 Å². The normalized spacial score (nSPS) is 36.3. The van der Waals surface area contributed by atoms with Gasteiger partial charge >= 0.3 is 24.2 Å². The first-order valence-electron chi connectivity index (χ1n) is 23.2. The van der Waals surface area contributed by atoms with Crippen molar-refractivity contribution in [3.05, 3.63) is 0 Å². The molecule has 6 aliphatic carbocycles. The summed E-state index contributed by atoms with van der Waals surface area (Å²) in [5, 5.41) is 21.1. The number of nitrogens with one attached hydrogen (secondary N) is 7. The molecule has 0 aliphatic heterocycles. The molecule has 6 atom stereocenters. The second-order valence-electron chi connectivity index (χ2n) is 19.3. The van der Waals surface area contributed by atoms with Gasteiger partial charge in [-0.1, -0.05) is 27.2 Å². The summed E-state index contributed by atoms with van der Waals surface area (Å²) < 4.78 is 33.2. The molecular weight excluding hydrogens is 759 g/mol. The summed E-state index contributed by atoms with van der Waals surface area (Å²) in [7, 11) is -3.34. The van der Waals surface area contributed by atoms with Crippen LogP contribution in [0, 0.1) is 17.8 Å². The number of hydrogen-bond acceptors (Lipinski definition) is 7. The van der Waals surface area contributed by atoms with Crippen molar-refractivity contribution in [1.29, 1.82) is 0 Å². The molecule has 6 fully saturated rings. The molecule has 0 heterocycles. The highest BCUT2D eigenvalue weighted by Crippen LogP contribution is 2.34. The van der Waals surface area contributed by atoms with Crippen LogP contribution in [0.5, 0.6) is 0 Å². The predicted octanol–water partition coefficient (Wildman–Crippen LogP) is 6.67. The molecule has 15 heteroatoms. The molecule has 6 unspecified atom stereocenters. The van der Waals surface area contributed by atoms with E-state index in [1.54, 1.807) is 0 Å². The molecule has 0 radical (unpaired) electrons. The molecule has 7 N–H and O–H groups in total. The molecule has 0 aromatic rings. The molecule has 0 bridgehead atoms. The molecule has 0 aromatic heterocycles. The number of sulfone groups is 1. The Hall–Kier alpha value is -2.97. The summed E-state index contributed by atoms with van der Waals surface area (Å²) in [6.45, 7) is 6.54. The number of amides is 7. The van der Waals surface area contributed by atoms with Gasteiger partial charge in [-0.3, -0.25) is 0 Å². The first-order valence-corrected chi connectivity index (χ1v) is 24.8. The number of carbonyl (C=O) groups is 4. The van der Waals surface area contributed by atoms with Crippen LogP contribution in [0.1, 0.15) is 168 Å². The molecule has 6 saturated carbocycles. The fourth-order valence-corrected chi connectivity index (χ4v) is 13.2. The van der Waals surface area contributed by atoms with Gasteiger partial charge < -0.3 is 42.0 Å². The summed E-state index contributed by atoms with van der Waals surface area (Å²) in [6, 6.07) is -0.613. The van der Waals surface area contributed by atoms with E-state index >= 15 is 0 Å². The maximum Gasteiger partial charge on any atom is 0.407 e. The van der Waals surface area contributed by atoms with Crippen LogP contribution in [-0.2, 0) is 14.6 Å². The Labute approximate surface area is 347 Å². The van der Waals surface area contributed by atoms with Crippen LogP contribution in [0.2, 0.25) is 0 Å². The van der Waals surface area contributed by atoms with Crippen molar-refractivity contribution >= 4 is 34.0 Å². The monoisotopic (exact) mass is 834 g/mol. The number of carbonyl (C=O) groups excluding carboxylic acids is 4. The van der Waals surface area contributed by atoms with E-state index in [2.05, 4.69) is 58.0 Å². The molecule has 14 nitrogen and oxygen atoms in total. The van der Waals surface area contributed by atoms with Crippen molar-refractivity contribution < 1.29 is 32.3 Å². The summed E-state index contributed by atoms with van der Waals surface area (Å²) >= 11 is 0. The molecule has 0 aromatic carbocycles. The highest BCUT2D eigenvalue weighted by atomic mass is 32.2. The average Bonchev–Trinajstić information content (AvgIpc) is 3.19. The molecule has 330 valence electrons. The van der Waals surface area contributed by atoms with E-state index in [4.69, 9.17) is 4.74 Å². The molecule has 0 saturated heterocycles. The standard InChI is InChI=1S/C43H75N7O7S/c1-27-9-13-30(14-10-27)44-40(51)47-33-15-11-28(2)38(25-33)49-42(53)46-32-19-23-37(24-20-32)58(55,56)36-21-17-31(18-22-36)45-41(52)48-34-16-12-29(3)39(26-34)50-43(54)57-35-7-5-4-6-8-35/h27-39H,4-26H2,1-3H3,(H,50,54)(H2,44,47,51)(H2,45,48,52)(H2,46,49,53). The first-order chi connectivity index (χ1) is 27.8. The van der Waals surface area contributed by atoms with Gasteiger partial charge in [-0.15, -0.1) is 0 Å². The first kappa shape index (κ1) is 44.6. The maximum absolute atomic E-state index is 13.8. The second kappa shape index (κ2) is 21.0. The number of urea groups is 3. The lowest BCUT2D eigenvalue weighted by molar-refractivity contribution is 0.0684. The zero-order valence-electron chi connectivity index (χ0n) is 35.5. The zero-order valence-corrected chi connectivity index (χ0v) is 36.4. The van der Waals surface area contributed by atoms with Crippen LogP contribution in [0.15, 0.2) is 0 Å². The van der Waals surface area contributed by atoms with Crippen LogP contribution in [0.3, 0.4) is 0 Å². The van der Waals surface area contributed by atoms with Gasteiger partial charge in [0.1, 0.15) is 6.10 Å². The van der Waals surface area contributed by atoms with Gasteiger partial charge in [0.25, 0.3) is 0 Å². The molecule has 0 spiro atoms. The van der Waals surface area contributed by atoms with Crippen LogP contribution in [0.25, 0.3) is 0 Å². The highest BCUT2D eigenvalue weighted by Gasteiger charge is 2.40. The summed E-state index contributed by atoms with van der Waals surface area (Å²) in [6.07, 6.45) is 18.7. The highest BCUT2D eigenvalue weighted by molar-refractivity contribution is 7.92. The van der Waals surface area contributed by atoms with E-state index in [1.165, 1.54) is 6.42 Å². The Morgan fingerprint density at radius 2 is 0.810 bits per heavy atom. The Bertz CT molecular complexity index is 1470. The third-order valence-electron chi connectivity index (χ3n) is 14.8. The predicted molar refractivity (Wildman–Crippen MR) is 225 cm³/mol. The largest absolute Gasteiger partial charge is 0.446 e. The zero-order chi connectivity index (χ0) is 41.2. The lowest BCUT2D eigenvalue weighted by Crippen LogP contribution is -2.55. The minimum absolute atomic E-state index is 0.00106. The number of alkyl carbamates (subject to hydrolysis) is 1. The quantitative estimate of drug-likeness (QED) is 0.128. The van der Waals surface area contributed by atoms with Crippen molar-refractivity contribution in [3.63, 3.8) is 0 Å². The van der Waals surface area contributed by atoms with E-state index in [1.807, 2.05) is 0 Å². The third kappa shape index (κ3) is 13.0. The van der Waals surface area contributed by atoms with E-state index < -0.39 is 20.3 Å². The van der Waals surface area contributed by atoms with Crippen LogP contribution in [-0.4, -0.2) is 91.5 Å². The Balaban J connectivity index is 0.854. The van der Waals surface area contributed by atoms with Gasteiger partial charge in [0.15, 0.2) is 9.84 Å². The fraction of sp³-hybridized carbons (Fsp3) is 0.907. The molecule has 6 aliphatic rings. The topological polar surface area (TPSA) is 196 Å². The Morgan fingerprint density at radius 1 is 0.431 bits per heavy atom. The SMILES string of the molecule is CC1CCC(NC(=O)NC2CCC(C)C(NC(=O)NC3CCC(S(=O)(=O)C4CCC(NC(=O)NC5CCC(C)C(NC(=O)OC6CCCCC6)C5)CC4)CC3)C2)CC1. The molecule has 6 rings (SSSR count). The maximum atomic E-state index is 13.8. The molecule has 58 heavy (non-hydrogen) atoms. The van der Waals surface area contributed by atoms with Crippen molar-refractivity contribution in [2.24, 2.45) is 17.8 Å². The van der Waals surface area contributed by atoms with Crippen LogP contribution in [0.4, 0.5) is 19.2 Å². The van der Waals surface area contributed by atoms with Crippen molar-refractivity contribution in [2.45, 2.75) is 227 Å². The number of ether oxygens (including phenoxy) is 1. The Kier molecular flexibility index (Phi) is 16.2. The fourth-order valence-electron chi connectivity index (χ4n) is 10.8. The van der Waals surface area contributed by atoms with Gasteiger partial charge in [0, 0.05) is 42.3 Å².